The number of thiocarbonyl (C=S) groups is 1. The second-order valence-electron chi connectivity index (χ2n) is 7.51. The molecule has 4 heteroatoms. The van der Waals surface area contributed by atoms with E-state index in [-0.39, 0.29) is 0 Å². The van der Waals surface area contributed by atoms with Gasteiger partial charge in [0, 0.05) is 13.1 Å². The summed E-state index contributed by atoms with van der Waals surface area (Å²) in [7, 11) is -1.68. The molecule has 0 fully saturated rings. The Morgan fingerprint density at radius 3 is 1.53 bits per heavy atom. The predicted molar refractivity (Wildman–Crippen MR) is 138 cm³/mol. The number of rotatable bonds is 11. The van der Waals surface area contributed by atoms with Crippen molar-refractivity contribution >= 4 is 40.4 Å². The van der Waals surface area contributed by atoms with Gasteiger partial charge in [-0.3, -0.25) is 0 Å². The lowest BCUT2D eigenvalue weighted by Gasteiger charge is -2.27. The summed E-state index contributed by atoms with van der Waals surface area (Å²) in [6, 6.07) is 33.4. The summed E-state index contributed by atoms with van der Waals surface area (Å²) in [5, 5.41) is 7.64. The molecule has 0 aliphatic carbocycles. The highest BCUT2D eigenvalue weighted by molar-refractivity contribution is 7.95. The van der Waals surface area contributed by atoms with Gasteiger partial charge in [-0.25, -0.2) is 0 Å². The van der Waals surface area contributed by atoms with Gasteiger partial charge in [-0.1, -0.05) is 73.2 Å². The first-order chi connectivity index (χ1) is 14.8. The van der Waals surface area contributed by atoms with Crippen molar-refractivity contribution in [3.8, 4) is 0 Å². The molecule has 0 saturated carbocycles. The van der Waals surface area contributed by atoms with Gasteiger partial charge in [-0.2, -0.15) is 0 Å². The summed E-state index contributed by atoms with van der Waals surface area (Å²) < 4.78 is 0. The van der Waals surface area contributed by atoms with Crippen molar-refractivity contribution in [2.45, 2.75) is 25.7 Å². The zero-order valence-electron chi connectivity index (χ0n) is 17.5. The molecule has 0 bridgehead atoms. The van der Waals surface area contributed by atoms with Gasteiger partial charge in [0.1, 0.15) is 23.2 Å². The van der Waals surface area contributed by atoms with Crippen LogP contribution >= 0.6 is 19.5 Å². The summed E-state index contributed by atoms with van der Waals surface area (Å²) in [6.07, 6.45) is 5.98. The molecule has 0 amide bonds. The van der Waals surface area contributed by atoms with E-state index in [0.29, 0.717) is 6.54 Å². The molecule has 0 aliphatic rings. The lowest BCUT2D eigenvalue weighted by molar-refractivity contribution is 0.656. The van der Waals surface area contributed by atoms with Gasteiger partial charge in [0.15, 0.2) is 0 Å². The molecule has 0 aliphatic heterocycles. The van der Waals surface area contributed by atoms with Crippen LogP contribution in [0.25, 0.3) is 0 Å². The topological polar surface area (TPSA) is 38.0 Å². The number of nitrogens with two attached hydrogens (primary N) is 1. The van der Waals surface area contributed by atoms with Crippen molar-refractivity contribution in [3.63, 3.8) is 0 Å². The Bertz CT molecular complexity index is 788. The summed E-state index contributed by atoms with van der Waals surface area (Å²) >= 11 is 5.14. The molecule has 30 heavy (non-hydrogen) atoms. The highest BCUT2D eigenvalue weighted by Gasteiger charge is 2.44. The molecule has 0 unspecified atom stereocenters. The van der Waals surface area contributed by atoms with E-state index >= 15 is 0 Å². The first-order valence-electron chi connectivity index (χ1n) is 10.8. The smallest absolute Gasteiger partial charge is 0.112 e. The van der Waals surface area contributed by atoms with Gasteiger partial charge < -0.3 is 11.1 Å². The maximum atomic E-state index is 5.55. The van der Waals surface area contributed by atoms with Crippen LogP contribution in [-0.2, 0) is 0 Å². The first kappa shape index (κ1) is 22.6. The van der Waals surface area contributed by atoms with Crippen molar-refractivity contribution in [2.24, 2.45) is 5.73 Å². The molecular formula is C26H32N2PS+. The third-order valence-electron chi connectivity index (χ3n) is 5.52. The summed E-state index contributed by atoms with van der Waals surface area (Å²) in [6.45, 7) is 1.36. The average molecular weight is 436 g/mol. The van der Waals surface area contributed by atoms with E-state index in [0.717, 1.165) is 18.0 Å². The van der Waals surface area contributed by atoms with Gasteiger partial charge in [-0.15, -0.1) is 0 Å². The lowest BCUT2D eigenvalue weighted by atomic mass is 10.2. The molecule has 3 rings (SSSR count). The van der Waals surface area contributed by atoms with Crippen LogP contribution in [0.1, 0.15) is 25.7 Å². The maximum Gasteiger partial charge on any atom is 0.112 e. The normalized spacial score (nSPS) is 11.2. The van der Waals surface area contributed by atoms with Crippen molar-refractivity contribution in [3.05, 3.63) is 91.0 Å². The van der Waals surface area contributed by atoms with Crippen LogP contribution in [0.15, 0.2) is 91.0 Å². The van der Waals surface area contributed by atoms with E-state index in [9.17, 15) is 0 Å². The zero-order chi connectivity index (χ0) is 21.1. The Morgan fingerprint density at radius 2 is 1.10 bits per heavy atom. The molecule has 3 aromatic rings. The highest BCUT2D eigenvalue weighted by atomic mass is 32.1. The van der Waals surface area contributed by atoms with Gasteiger partial charge >= 0.3 is 0 Å². The highest BCUT2D eigenvalue weighted by Crippen LogP contribution is 2.55. The summed E-state index contributed by atoms with van der Waals surface area (Å²) in [5.74, 6) is 0. The lowest BCUT2D eigenvalue weighted by Crippen LogP contribution is -2.33. The fraction of sp³-hybridized carbons (Fsp3) is 0.269. The minimum Gasteiger partial charge on any atom is -0.379 e. The molecule has 0 spiro atoms. The fourth-order valence-corrected chi connectivity index (χ4v) is 8.52. The van der Waals surface area contributed by atoms with Crippen LogP contribution in [0.5, 0.6) is 0 Å². The monoisotopic (exact) mass is 435 g/mol. The Labute approximate surface area is 187 Å². The molecule has 3 N–H and O–H groups in total. The molecule has 0 heterocycles. The molecule has 3 aromatic carbocycles. The number of unbranched alkanes of at least 4 members (excludes halogenated alkanes) is 3. The molecule has 0 atom stereocenters. The van der Waals surface area contributed by atoms with Gasteiger partial charge in [0.2, 0.25) is 0 Å². The second-order valence-corrected chi connectivity index (χ2v) is 11.6. The molecule has 2 nitrogen and oxygen atoms in total. The van der Waals surface area contributed by atoms with Crippen LogP contribution in [0, 0.1) is 0 Å². The van der Waals surface area contributed by atoms with E-state index in [1.54, 1.807) is 0 Å². The predicted octanol–water partition coefficient (Wildman–Crippen LogP) is 4.42. The van der Waals surface area contributed by atoms with Crippen LogP contribution in [-0.4, -0.2) is 24.2 Å². The van der Waals surface area contributed by atoms with Gasteiger partial charge in [0.25, 0.3) is 0 Å². The molecule has 0 aromatic heterocycles. The van der Waals surface area contributed by atoms with Crippen LogP contribution in [0.4, 0.5) is 0 Å². The SMILES string of the molecule is NCC(=S)NCCCCCC[P+](c1ccccc1)(c1ccccc1)c1ccccc1. The molecule has 0 saturated heterocycles. The van der Waals surface area contributed by atoms with Gasteiger partial charge in [-0.05, 0) is 55.7 Å². The van der Waals surface area contributed by atoms with E-state index in [4.69, 9.17) is 18.0 Å². The van der Waals surface area contributed by atoms with Crippen molar-refractivity contribution in [2.75, 3.05) is 19.3 Å². The minimum absolute atomic E-state index is 0.438. The van der Waals surface area contributed by atoms with E-state index in [1.807, 2.05) is 0 Å². The van der Waals surface area contributed by atoms with E-state index < -0.39 is 7.26 Å². The molecular weight excluding hydrogens is 403 g/mol. The number of hydrogen-bond acceptors (Lipinski definition) is 2. The standard InChI is InChI=1S/C26H31N2PS/c27-22-26(30)28-20-12-1-2-13-21-29(23-14-6-3-7-15-23,24-16-8-4-9-17-24)25-18-10-5-11-19-25/h3-11,14-19H,1-2,12-13,20-22,27H2/p+1. The third-order valence-corrected chi connectivity index (χ3v) is 10.4. The average Bonchev–Trinajstić information content (AvgIpc) is 2.82. The Kier molecular flexibility index (Phi) is 9.01. The largest absolute Gasteiger partial charge is 0.379 e. The first-order valence-corrected chi connectivity index (χ1v) is 13.2. The summed E-state index contributed by atoms with van der Waals surface area (Å²) in [5.41, 5.74) is 5.55. The third kappa shape index (κ3) is 5.76. The van der Waals surface area contributed by atoms with E-state index in [1.165, 1.54) is 41.3 Å². The number of benzene rings is 3. The van der Waals surface area contributed by atoms with Gasteiger partial charge in [0.05, 0.1) is 11.2 Å². The van der Waals surface area contributed by atoms with Crippen LogP contribution in [0.3, 0.4) is 0 Å². The van der Waals surface area contributed by atoms with Crippen LogP contribution in [0.2, 0.25) is 0 Å². The van der Waals surface area contributed by atoms with Crippen LogP contribution < -0.4 is 27.0 Å². The molecule has 0 radical (unpaired) electrons. The van der Waals surface area contributed by atoms with E-state index in [2.05, 4.69) is 96.3 Å². The number of hydrogen-bond donors (Lipinski definition) is 2. The minimum atomic E-state index is -1.68. The zero-order valence-corrected chi connectivity index (χ0v) is 19.3. The Morgan fingerprint density at radius 1 is 0.667 bits per heavy atom. The number of nitrogens with one attached hydrogen (secondary N) is 1. The maximum absolute atomic E-state index is 5.55. The van der Waals surface area contributed by atoms with Crippen molar-refractivity contribution in [1.82, 2.24) is 5.32 Å². The Balaban J connectivity index is 1.80. The quantitative estimate of drug-likeness (QED) is 0.266. The molecule has 156 valence electrons. The van der Waals surface area contributed by atoms with Crippen molar-refractivity contribution < 1.29 is 0 Å². The fourth-order valence-electron chi connectivity index (χ4n) is 4.01. The Hall–Kier alpha value is -2.06. The van der Waals surface area contributed by atoms with Crippen molar-refractivity contribution in [1.29, 1.82) is 0 Å². The summed E-state index contributed by atoms with van der Waals surface area (Å²) in [4.78, 5) is 0.761. The second kappa shape index (κ2) is 12.0.